The lowest BCUT2D eigenvalue weighted by molar-refractivity contribution is 0.372. The maximum atomic E-state index is 6.44. The number of benzene rings is 2. The van der Waals surface area contributed by atoms with E-state index in [0.717, 1.165) is 24.3 Å². The van der Waals surface area contributed by atoms with Gasteiger partial charge in [0.05, 0.1) is 0 Å². The highest BCUT2D eigenvalue weighted by Crippen LogP contribution is 2.28. The maximum absolute atomic E-state index is 6.44. The predicted octanol–water partition coefficient (Wildman–Crippen LogP) is 4.01. The molecule has 2 aromatic carbocycles. The fraction of sp³-hybridized carbons (Fsp3) is 0.333. The lowest BCUT2D eigenvalue weighted by Crippen LogP contribution is -2.35. The molecule has 0 saturated heterocycles. The smallest absolute Gasteiger partial charge is 0.0406 e. The van der Waals surface area contributed by atoms with Crippen molar-refractivity contribution in [3.63, 3.8) is 0 Å². The average Bonchev–Trinajstić information content (AvgIpc) is 2.49. The quantitative estimate of drug-likeness (QED) is 0.906. The number of fused-ring (bicyclic) bond motifs is 1. The molecule has 2 aromatic rings. The Kier molecular flexibility index (Phi) is 4.09. The Morgan fingerprint density at radius 3 is 2.50 bits per heavy atom. The van der Waals surface area contributed by atoms with Crippen LogP contribution >= 0.6 is 11.6 Å². The molecular formula is C18H20ClN. The van der Waals surface area contributed by atoms with Gasteiger partial charge in [0.25, 0.3) is 0 Å². The van der Waals surface area contributed by atoms with E-state index in [2.05, 4.69) is 36.4 Å². The first-order chi connectivity index (χ1) is 9.72. The Bertz CT molecular complexity index is 576. The third-order valence-corrected chi connectivity index (χ3v) is 4.63. The number of hydrogen-bond donors (Lipinski definition) is 1. The third-order valence-electron chi connectivity index (χ3n) is 4.38. The molecule has 0 radical (unpaired) electrons. The van der Waals surface area contributed by atoms with Crippen molar-refractivity contribution < 1.29 is 0 Å². The van der Waals surface area contributed by atoms with Crippen LogP contribution in [0.25, 0.3) is 0 Å². The first kappa shape index (κ1) is 13.7. The molecule has 2 heteroatoms. The summed E-state index contributed by atoms with van der Waals surface area (Å²) in [7, 11) is 0. The van der Waals surface area contributed by atoms with Crippen molar-refractivity contribution in [1.29, 1.82) is 0 Å². The van der Waals surface area contributed by atoms with Gasteiger partial charge in [-0.05, 0) is 60.4 Å². The molecule has 0 heterocycles. The highest BCUT2D eigenvalue weighted by Gasteiger charge is 2.23. The van der Waals surface area contributed by atoms with Crippen molar-refractivity contribution in [3.05, 3.63) is 70.2 Å². The number of halogens is 1. The summed E-state index contributed by atoms with van der Waals surface area (Å²) < 4.78 is 0. The van der Waals surface area contributed by atoms with Crippen LogP contribution in [-0.2, 0) is 19.3 Å². The summed E-state index contributed by atoms with van der Waals surface area (Å²) >= 11 is 5.92. The highest BCUT2D eigenvalue weighted by atomic mass is 35.5. The molecule has 0 amide bonds. The lowest BCUT2D eigenvalue weighted by atomic mass is 9.79. The fourth-order valence-corrected chi connectivity index (χ4v) is 3.28. The molecule has 0 aromatic heterocycles. The van der Waals surface area contributed by atoms with Gasteiger partial charge < -0.3 is 5.73 Å². The van der Waals surface area contributed by atoms with Gasteiger partial charge >= 0.3 is 0 Å². The van der Waals surface area contributed by atoms with E-state index in [4.69, 9.17) is 17.3 Å². The van der Waals surface area contributed by atoms with Crippen LogP contribution in [0.3, 0.4) is 0 Å². The molecule has 20 heavy (non-hydrogen) atoms. The van der Waals surface area contributed by atoms with Crippen LogP contribution in [0.1, 0.15) is 23.1 Å². The highest BCUT2D eigenvalue weighted by molar-refractivity contribution is 6.30. The number of nitrogens with two attached hydrogens (primary N) is 1. The van der Waals surface area contributed by atoms with Crippen molar-refractivity contribution in [2.75, 3.05) is 0 Å². The standard InChI is InChI=1S/C18H20ClN/c19-17-9-5-13(6-10-17)11-18(20)16-8-7-14-3-1-2-4-15(14)12-16/h1-6,9-10,16,18H,7-8,11-12,20H2. The normalized spacial score (nSPS) is 19.4. The van der Waals surface area contributed by atoms with Crippen molar-refractivity contribution in [1.82, 2.24) is 0 Å². The molecule has 1 nitrogen and oxygen atoms in total. The van der Waals surface area contributed by atoms with E-state index in [0.29, 0.717) is 5.92 Å². The summed E-state index contributed by atoms with van der Waals surface area (Å²) in [6.45, 7) is 0. The van der Waals surface area contributed by atoms with E-state index >= 15 is 0 Å². The molecule has 2 N–H and O–H groups in total. The molecule has 1 aliphatic carbocycles. The second kappa shape index (κ2) is 5.99. The summed E-state index contributed by atoms with van der Waals surface area (Å²) in [4.78, 5) is 0. The summed E-state index contributed by atoms with van der Waals surface area (Å²) in [6, 6.07) is 17.0. The van der Waals surface area contributed by atoms with Gasteiger partial charge in [-0.15, -0.1) is 0 Å². The maximum Gasteiger partial charge on any atom is 0.0406 e. The van der Waals surface area contributed by atoms with E-state index in [1.807, 2.05) is 12.1 Å². The van der Waals surface area contributed by atoms with E-state index in [1.54, 1.807) is 0 Å². The zero-order valence-electron chi connectivity index (χ0n) is 11.6. The van der Waals surface area contributed by atoms with Crippen LogP contribution < -0.4 is 5.73 Å². The van der Waals surface area contributed by atoms with E-state index in [1.165, 1.54) is 23.1 Å². The Labute approximate surface area is 125 Å². The van der Waals surface area contributed by atoms with Crippen molar-refractivity contribution in [3.8, 4) is 0 Å². The average molecular weight is 286 g/mol. The number of rotatable bonds is 3. The Hall–Kier alpha value is -1.31. The van der Waals surface area contributed by atoms with Gasteiger partial charge in [-0.1, -0.05) is 48.0 Å². The molecule has 0 aliphatic heterocycles. The second-order valence-electron chi connectivity index (χ2n) is 5.77. The second-order valence-corrected chi connectivity index (χ2v) is 6.20. The SMILES string of the molecule is NC(Cc1ccc(Cl)cc1)C1CCc2ccccc2C1. The summed E-state index contributed by atoms with van der Waals surface area (Å²) in [5.41, 5.74) is 10.7. The molecule has 2 unspecified atom stereocenters. The van der Waals surface area contributed by atoms with E-state index < -0.39 is 0 Å². The fourth-order valence-electron chi connectivity index (χ4n) is 3.15. The van der Waals surface area contributed by atoms with Crippen LogP contribution in [0.15, 0.2) is 48.5 Å². The topological polar surface area (TPSA) is 26.0 Å². The number of hydrogen-bond acceptors (Lipinski definition) is 1. The summed E-state index contributed by atoms with van der Waals surface area (Å²) in [6.07, 6.45) is 4.41. The Morgan fingerprint density at radius 1 is 1.05 bits per heavy atom. The van der Waals surface area contributed by atoms with Crippen molar-refractivity contribution in [2.24, 2.45) is 11.7 Å². The summed E-state index contributed by atoms with van der Waals surface area (Å²) in [5, 5.41) is 0.786. The molecule has 1 aliphatic rings. The minimum Gasteiger partial charge on any atom is -0.327 e. The third kappa shape index (κ3) is 3.05. The van der Waals surface area contributed by atoms with Crippen LogP contribution in [-0.4, -0.2) is 6.04 Å². The lowest BCUT2D eigenvalue weighted by Gasteiger charge is -2.29. The van der Waals surface area contributed by atoms with Gasteiger partial charge in [0, 0.05) is 11.1 Å². The molecule has 0 bridgehead atoms. The largest absolute Gasteiger partial charge is 0.327 e. The van der Waals surface area contributed by atoms with Gasteiger partial charge in [0.1, 0.15) is 0 Å². The van der Waals surface area contributed by atoms with Crippen LogP contribution in [0.5, 0.6) is 0 Å². The summed E-state index contributed by atoms with van der Waals surface area (Å²) in [5.74, 6) is 0.584. The molecule has 3 rings (SSSR count). The zero-order valence-corrected chi connectivity index (χ0v) is 12.3. The molecule has 0 saturated carbocycles. The molecule has 2 atom stereocenters. The molecule has 0 spiro atoms. The van der Waals surface area contributed by atoms with Gasteiger partial charge in [0.15, 0.2) is 0 Å². The van der Waals surface area contributed by atoms with Crippen LogP contribution in [0, 0.1) is 5.92 Å². The number of aryl methyl sites for hydroxylation is 1. The Morgan fingerprint density at radius 2 is 1.75 bits per heavy atom. The minimum atomic E-state index is 0.226. The predicted molar refractivity (Wildman–Crippen MR) is 85.1 cm³/mol. The molecule has 0 fully saturated rings. The van der Waals surface area contributed by atoms with Gasteiger partial charge in [-0.3, -0.25) is 0 Å². The monoisotopic (exact) mass is 285 g/mol. The van der Waals surface area contributed by atoms with Gasteiger partial charge in [-0.25, -0.2) is 0 Å². The van der Waals surface area contributed by atoms with Crippen LogP contribution in [0.4, 0.5) is 0 Å². The van der Waals surface area contributed by atoms with Gasteiger partial charge in [-0.2, -0.15) is 0 Å². The zero-order chi connectivity index (χ0) is 13.9. The molecular weight excluding hydrogens is 266 g/mol. The van der Waals surface area contributed by atoms with Crippen molar-refractivity contribution >= 4 is 11.6 Å². The van der Waals surface area contributed by atoms with Crippen LogP contribution in [0.2, 0.25) is 5.02 Å². The van der Waals surface area contributed by atoms with Crippen molar-refractivity contribution in [2.45, 2.75) is 31.7 Å². The van der Waals surface area contributed by atoms with E-state index in [-0.39, 0.29) is 6.04 Å². The Balaban J connectivity index is 1.67. The van der Waals surface area contributed by atoms with Gasteiger partial charge in [0.2, 0.25) is 0 Å². The minimum absolute atomic E-state index is 0.226. The molecule has 104 valence electrons. The first-order valence-electron chi connectivity index (χ1n) is 7.29. The first-order valence-corrected chi connectivity index (χ1v) is 7.67. The van der Waals surface area contributed by atoms with E-state index in [9.17, 15) is 0 Å².